The summed E-state index contributed by atoms with van der Waals surface area (Å²) in [6, 6.07) is 4.50. The fraction of sp³-hybridized carbons (Fsp3) is 0.467. The first-order valence-electron chi connectivity index (χ1n) is 7.43. The Kier molecular flexibility index (Phi) is 5.39. The number of hydrogen-bond acceptors (Lipinski definition) is 4. The van der Waals surface area contributed by atoms with Crippen molar-refractivity contribution in [1.82, 2.24) is 4.90 Å². The van der Waals surface area contributed by atoms with E-state index in [1.54, 1.807) is 4.90 Å². The number of benzene rings is 1. The molecule has 2 rings (SSSR count). The smallest absolute Gasteiger partial charge is 0.255 e. The van der Waals surface area contributed by atoms with Crippen molar-refractivity contribution in [3.05, 3.63) is 28.8 Å². The molecule has 2 N–H and O–H groups in total. The zero-order valence-corrected chi connectivity index (χ0v) is 15.1. The number of piperidine rings is 1. The van der Waals surface area contributed by atoms with E-state index in [2.05, 4.69) is 0 Å². The molecule has 7 nitrogen and oxygen atoms in total. The molecule has 0 aliphatic carbocycles. The second kappa shape index (κ2) is 6.98. The van der Waals surface area contributed by atoms with Gasteiger partial charge in [-0.15, -0.1) is 0 Å². The summed E-state index contributed by atoms with van der Waals surface area (Å²) in [5.41, 5.74) is 5.97. The number of amides is 2. The second-order valence-electron chi connectivity index (χ2n) is 5.86. The molecule has 0 saturated carbocycles. The van der Waals surface area contributed by atoms with Crippen LogP contribution in [0.2, 0.25) is 5.02 Å². The quantitative estimate of drug-likeness (QED) is 0.853. The Morgan fingerprint density at radius 1 is 1.29 bits per heavy atom. The summed E-state index contributed by atoms with van der Waals surface area (Å²) >= 11 is 6.17. The van der Waals surface area contributed by atoms with Crippen LogP contribution in [0.15, 0.2) is 18.2 Å². The number of likely N-dealkylation sites (tertiary alicyclic amines) is 1. The average Bonchev–Trinajstić information content (AvgIpc) is 2.52. The Hall–Kier alpha value is -1.80. The monoisotopic (exact) mass is 373 g/mol. The Bertz CT molecular complexity index is 758. The Balaban J connectivity index is 2.15. The maximum Gasteiger partial charge on any atom is 0.255 e. The lowest BCUT2D eigenvalue weighted by atomic mass is 9.96. The summed E-state index contributed by atoms with van der Waals surface area (Å²) < 4.78 is 24.2. The van der Waals surface area contributed by atoms with E-state index < -0.39 is 10.0 Å². The van der Waals surface area contributed by atoms with E-state index in [-0.39, 0.29) is 22.8 Å². The summed E-state index contributed by atoms with van der Waals surface area (Å²) in [7, 11) is -1.99. The Morgan fingerprint density at radius 2 is 1.88 bits per heavy atom. The van der Waals surface area contributed by atoms with Gasteiger partial charge in [0.1, 0.15) is 0 Å². The van der Waals surface area contributed by atoms with Crippen molar-refractivity contribution in [2.45, 2.75) is 12.8 Å². The maximum atomic E-state index is 12.6. The van der Waals surface area contributed by atoms with E-state index in [0.29, 0.717) is 37.2 Å². The molecule has 0 atom stereocenters. The highest BCUT2D eigenvalue weighted by Gasteiger charge is 2.27. The van der Waals surface area contributed by atoms with Crippen LogP contribution in [-0.4, -0.2) is 51.5 Å². The minimum absolute atomic E-state index is 0.185. The van der Waals surface area contributed by atoms with Crippen LogP contribution in [0, 0.1) is 5.92 Å². The third-order valence-corrected chi connectivity index (χ3v) is 5.75. The molecule has 0 unspecified atom stereocenters. The van der Waals surface area contributed by atoms with Crippen molar-refractivity contribution in [1.29, 1.82) is 0 Å². The molecule has 0 aromatic heterocycles. The van der Waals surface area contributed by atoms with E-state index in [1.165, 1.54) is 25.2 Å². The molecular formula is C15H20ClN3O4S. The van der Waals surface area contributed by atoms with Gasteiger partial charge in [-0.05, 0) is 31.0 Å². The van der Waals surface area contributed by atoms with Crippen molar-refractivity contribution in [2.24, 2.45) is 11.7 Å². The molecular weight excluding hydrogens is 354 g/mol. The lowest BCUT2D eigenvalue weighted by molar-refractivity contribution is -0.123. The van der Waals surface area contributed by atoms with Crippen LogP contribution >= 0.6 is 11.6 Å². The summed E-state index contributed by atoms with van der Waals surface area (Å²) in [5, 5.41) is 0.185. The molecule has 1 fully saturated rings. The summed E-state index contributed by atoms with van der Waals surface area (Å²) in [4.78, 5) is 25.4. The van der Waals surface area contributed by atoms with Crippen LogP contribution < -0.4 is 10.0 Å². The fourth-order valence-electron chi connectivity index (χ4n) is 2.60. The molecule has 132 valence electrons. The van der Waals surface area contributed by atoms with Crippen LogP contribution in [0.3, 0.4) is 0 Å². The van der Waals surface area contributed by atoms with Crippen LogP contribution in [0.1, 0.15) is 23.2 Å². The van der Waals surface area contributed by atoms with Crippen LogP contribution in [0.25, 0.3) is 0 Å². The summed E-state index contributed by atoms with van der Waals surface area (Å²) in [5.74, 6) is -0.778. The van der Waals surface area contributed by atoms with E-state index in [4.69, 9.17) is 17.3 Å². The molecule has 0 radical (unpaired) electrons. The zero-order chi connectivity index (χ0) is 18.1. The van der Waals surface area contributed by atoms with E-state index in [9.17, 15) is 18.0 Å². The molecule has 1 heterocycles. The van der Waals surface area contributed by atoms with Gasteiger partial charge >= 0.3 is 0 Å². The molecule has 24 heavy (non-hydrogen) atoms. The fourth-order valence-corrected chi connectivity index (χ4v) is 3.35. The minimum atomic E-state index is -3.40. The largest absolute Gasteiger partial charge is 0.369 e. The highest BCUT2D eigenvalue weighted by atomic mass is 35.5. The van der Waals surface area contributed by atoms with Crippen LogP contribution in [0.4, 0.5) is 5.69 Å². The van der Waals surface area contributed by atoms with Gasteiger partial charge < -0.3 is 10.6 Å². The number of rotatable bonds is 4. The molecule has 2 amide bonds. The first-order valence-corrected chi connectivity index (χ1v) is 9.66. The highest BCUT2D eigenvalue weighted by molar-refractivity contribution is 7.92. The molecule has 1 aliphatic rings. The number of nitrogens with zero attached hydrogens (tertiary/aromatic N) is 2. The van der Waals surface area contributed by atoms with E-state index in [1.807, 2.05) is 0 Å². The van der Waals surface area contributed by atoms with Gasteiger partial charge in [-0.25, -0.2) is 8.42 Å². The van der Waals surface area contributed by atoms with Gasteiger partial charge in [-0.3, -0.25) is 13.9 Å². The van der Waals surface area contributed by atoms with Gasteiger partial charge in [0.15, 0.2) is 0 Å². The zero-order valence-electron chi connectivity index (χ0n) is 13.5. The third kappa shape index (κ3) is 3.99. The summed E-state index contributed by atoms with van der Waals surface area (Å²) in [6.07, 6.45) is 2.16. The van der Waals surface area contributed by atoms with E-state index in [0.717, 1.165) is 10.6 Å². The predicted octanol–water partition coefficient (Wildman–Crippen LogP) is 1.07. The second-order valence-corrected chi connectivity index (χ2v) is 8.28. The van der Waals surface area contributed by atoms with Gasteiger partial charge in [0.25, 0.3) is 5.91 Å². The molecule has 1 aromatic rings. The number of primary amides is 1. The topological polar surface area (TPSA) is 101 Å². The number of carbonyl (C=O) groups is 2. The summed E-state index contributed by atoms with van der Waals surface area (Å²) in [6.45, 7) is 0.877. The van der Waals surface area contributed by atoms with Gasteiger partial charge in [-0.1, -0.05) is 11.6 Å². The number of nitrogens with two attached hydrogens (primary N) is 1. The first-order chi connectivity index (χ1) is 11.1. The SMILES string of the molecule is CN(c1ccc(C(=O)N2CCC(C(N)=O)CC2)c(Cl)c1)S(C)(=O)=O. The van der Waals surface area contributed by atoms with Gasteiger partial charge in [0, 0.05) is 26.1 Å². The molecule has 0 spiro atoms. The van der Waals surface area contributed by atoms with Crippen molar-refractivity contribution < 1.29 is 18.0 Å². The van der Waals surface area contributed by atoms with Crippen molar-refractivity contribution in [2.75, 3.05) is 30.7 Å². The standard InChI is InChI=1S/C15H20ClN3O4S/c1-18(24(2,22)23)11-3-4-12(13(16)9-11)15(21)19-7-5-10(6-8-19)14(17)20/h3-4,9-10H,5-8H2,1-2H3,(H2,17,20). The molecule has 1 saturated heterocycles. The minimum Gasteiger partial charge on any atom is -0.369 e. The molecule has 0 bridgehead atoms. The molecule has 1 aliphatic heterocycles. The number of sulfonamides is 1. The van der Waals surface area contributed by atoms with Crippen LogP contribution in [0.5, 0.6) is 0 Å². The van der Waals surface area contributed by atoms with Crippen molar-refractivity contribution in [3.63, 3.8) is 0 Å². The first kappa shape index (κ1) is 18.5. The van der Waals surface area contributed by atoms with Gasteiger partial charge in [0.2, 0.25) is 15.9 Å². The number of carbonyl (C=O) groups excluding carboxylic acids is 2. The van der Waals surface area contributed by atoms with Crippen molar-refractivity contribution in [3.8, 4) is 0 Å². The maximum absolute atomic E-state index is 12.6. The average molecular weight is 374 g/mol. The van der Waals surface area contributed by atoms with Crippen LogP contribution in [-0.2, 0) is 14.8 Å². The Morgan fingerprint density at radius 3 is 2.33 bits per heavy atom. The molecule has 1 aromatic carbocycles. The number of hydrogen-bond donors (Lipinski definition) is 1. The number of halogens is 1. The highest BCUT2D eigenvalue weighted by Crippen LogP contribution is 2.27. The van der Waals surface area contributed by atoms with E-state index >= 15 is 0 Å². The molecule has 9 heteroatoms. The predicted molar refractivity (Wildman–Crippen MR) is 92.5 cm³/mol. The Labute approximate surface area is 146 Å². The van der Waals surface area contributed by atoms with Crippen molar-refractivity contribution >= 4 is 39.1 Å². The third-order valence-electron chi connectivity index (χ3n) is 4.23. The number of anilines is 1. The lowest BCUT2D eigenvalue weighted by Crippen LogP contribution is -2.41. The lowest BCUT2D eigenvalue weighted by Gasteiger charge is -2.31. The van der Waals surface area contributed by atoms with Gasteiger partial charge in [0.05, 0.1) is 22.5 Å². The normalized spacial score (nSPS) is 16.0. The van der Waals surface area contributed by atoms with Gasteiger partial charge in [-0.2, -0.15) is 0 Å².